The number of aliphatic carboxylic acids is 1. The van der Waals surface area contributed by atoms with Crippen LogP contribution in [-0.2, 0) is 11.2 Å². The van der Waals surface area contributed by atoms with E-state index >= 15 is 0 Å². The summed E-state index contributed by atoms with van der Waals surface area (Å²) in [6, 6.07) is 1.92. The maximum absolute atomic E-state index is 10.5. The lowest BCUT2D eigenvalue weighted by molar-refractivity contribution is -0.136. The molecule has 0 saturated heterocycles. The summed E-state index contributed by atoms with van der Waals surface area (Å²) >= 11 is 1.46. The molecule has 2 aromatic heterocycles. The third-order valence-electron chi connectivity index (χ3n) is 2.43. The van der Waals surface area contributed by atoms with Crippen LogP contribution in [0.2, 0.25) is 0 Å². The lowest BCUT2D eigenvalue weighted by Gasteiger charge is -2.04. The average molecular weight is 263 g/mol. The number of aryl methyl sites for hydroxylation is 2. The molecular weight excluding hydrogens is 250 g/mol. The maximum atomic E-state index is 10.5. The Balaban J connectivity index is 2.02. The van der Waals surface area contributed by atoms with Gasteiger partial charge in [0.05, 0.1) is 24.0 Å². The van der Waals surface area contributed by atoms with Gasteiger partial charge in [-0.2, -0.15) is 0 Å². The van der Waals surface area contributed by atoms with Gasteiger partial charge in [-0.15, -0.1) is 11.3 Å². The Morgan fingerprint density at radius 2 is 2.39 bits per heavy atom. The molecule has 0 saturated carbocycles. The molecule has 0 radical (unpaired) electrons. The van der Waals surface area contributed by atoms with Crippen LogP contribution in [0.3, 0.4) is 0 Å². The second-order valence-corrected chi connectivity index (χ2v) is 4.71. The zero-order valence-electron chi connectivity index (χ0n) is 9.88. The highest BCUT2D eigenvalue weighted by atomic mass is 32.1. The number of carbonyl (C=O) groups is 1. The Bertz CT molecular complexity index is 554. The lowest BCUT2D eigenvalue weighted by atomic mass is 10.2. The highest BCUT2D eigenvalue weighted by Gasteiger charge is 2.06. The Hall–Kier alpha value is -1.95. The van der Waals surface area contributed by atoms with E-state index < -0.39 is 5.97 Å². The van der Waals surface area contributed by atoms with Crippen LogP contribution in [0.1, 0.15) is 17.7 Å². The molecule has 0 atom stereocenters. The molecule has 2 heterocycles. The SMILES string of the molecule is Cc1ccncc1Nc1nc(CCC(=O)O)cs1. The van der Waals surface area contributed by atoms with Gasteiger partial charge in [-0.05, 0) is 18.6 Å². The van der Waals surface area contributed by atoms with Gasteiger partial charge in [-0.25, -0.2) is 4.98 Å². The van der Waals surface area contributed by atoms with Gasteiger partial charge in [0.1, 0.15) is 0 Å². The molecule has 0 unspecified atom stereocenters. The summed E-state index contributed by atoms with van der Waals surface area (Å²) < 4.78 is 0. The molecule has 0 aliphatic rings. The van der Waals surface area contributed by atoms with Gasteiger partial charge in [0, 0.05) is 18.0 Å². The van der Waals surface area contributed by atoms with Crippen LogP contribution in [0.15, 0.2) is 23.8 Å². The number of thiazole rings is 1. The highest BCUT2D eigenvalue weighted by molar-refractivity contribution is 7.13. The van der Waals surface area contributed by atoms with E-state index in [2.05, 4.69) is 15.3 Å². The minimum absolute atomic E-state index is 0.106. The number of hydrogen-bond donors (Lipinski definition) is 2. The number of nitrogens with zero attached hydrogens (tertiary/aromatic N) is 2. The molecule has 0 amide bonds. The summed E-state index contributed by atoms with van der Waals surface area (Å²) in [5.41, 5.74) is 2.80. The molecule has 6 heteroatoms. The molecule has 2 N–H and O–H groups in total. The summed E-state index contributed by atoms with van der Waals surface area (Å²) in [5, 5.41) is 14.4. The third kappa shape index (κ3) is 3.27. The molecule has 0 spiro atoms. The molecule has 2 aromatic rings. The number of carboxylic acid groups (broad SMARTS) is 1. The van der Waals surface area contributed by atoms with E-state index in [0.717, 1.165) is 22.1 Å². The molecular formula is C12H13N3O2S. The van der Waals surface area contributed by atoms with Crippen molar-refractivity contribution in [1.82, 2.24) is 9.97 Å². The van der Waals surface area contributed by atoms with Crippen LogP contribution < -0.4 is 5.32 Å². The van der Waals surface area contributed by atoms with Gasteiger partial charge < -0.3 is 10.4 Å². The van der Waals surface area contributed by atoms with Gasteiger partial charge >= 0.3 is 5.97 Å². The van der Waals surface area contributed by atoms with Crippen LogP contribution in [0.4, 0.5) is 10.8 Å². The largest absolute Gasteiger partial charge is 0.481 e. The number of aromatic nitrogens is 2. The summed E-state index contributed by atoms with van der Waals surface area (Å²) in [7, 11) is 0. The van der Waals surface area contributed by atoms with Crippen LogP contribution in [0, 0.1) is 6.92 Å². The van der Waals surface area contributed by atoms with Crippen molar-refractivity contribution in [2.75, 3.05) is 5.32 Å². The van der Waals surface area contributed by atoms with Gasteiger partial charge in [-0.1, -0.05) is 0 Å². The van der Waals surface area contributed by atoms with E-state index in [0.29, 0.717) is 6.42 Å². The van der Waals surface area contributed by atoms with Crippen LogP contribution in [0.5, 0.6) is 0 Å². The Morgan fingerprint density at radius 1 is 1.56 bits per heavy atom. The van der Waals surface area contributed by atoms with Crippen LogP contribution in [-0.4, -0.2) is 21.0 Å². The standard InChI is InChI=1S/C12H13N3O2S/c1-8-4-5-13-6-10(8)15-12-14-9(7-18-12)2-3-11(16)17/h4-7H,2-3H2,1H3,(H,14,15)(H,16,17). The molecule has 94 valence electrons. The number of nitrogens with one attached hydrogen (secondary N) is 1. The molecule has 2 rings (SSSR count). The van der Waals surface area contributed by atoms with Gasteiger partial charge in [0.15, 0.2) is 5.13 Å². The summed E-state index contributed by atoms with van der Waals surface area (Å²) in [5.74, 6) is -0.805. The third-order valence-corrected chi connectivity index (χ3v) is 3.23. The second-order valence-electron chi connectivity index (χ2n) is 3.85. The lowest BCUT2D eigenvalue weighted by Crippen LogP contribution is -1.98. The molecule has 0 fully saturated rings. The molecule has 0 aromatic carbocycles. The molecule has 0 aliphatic carbocycles. The fourth-order valence-corrected chi connectivity index (χ4v) is 2.18. The Kier molecular flexibility index (Phi) is 3.88. The smallest absolute Gasteiger partial charge is 0.303 e. The first kappa shape index (κ1) is 12.5. The van der Waals surface area contributed by atoms with Crippen molar-refractivity contribution < 1.29 is 9.90 Å². The first-order valence-corrected chi connectivity index (χ1v) is 6.37. The summed E-state index contributed by atoms with van der Waals surface area (Å²) in [6.45, 7) is 1.99. The maximum Gasteiger partial charge on any atom is 0.303 e. The molecule has 18 heavy (non-hydrogen) atoms. The van der Waals surface area contributed by atoms with Crippen molar-refractivity contribution in [2.45, 2.75) is 19.8 Å². The van der Waals surface area contributed by atoms with Crippen molar-refractivity contribution in [3.63, 3.8) is 0 Å². The molecule has 0 bridgehead atoms. The van der Waals surface area contributed by atoms with Crippen molar-refractivity contribution in [1.29, 1.82) is 0 Å². The zero-order valence-corrected chi connectivity index (χ0v) is 10.7. The van der Waals surface area contributed by atoms with Gasteiger partial charge in [-0.3, -0.25) is 9.78 Å². The first-order valence-electron chi connectivity index (χ1n) is 5.49. The predicted molar refractivity (Wildman–Crippen MR) is 70.3 cm³/mol. The van der Waals surface area contributed by atoms with E-state index in [1.54, 1.807) is 12.4 Å². The molecule has 5 nitrogen and oxygen atoms in total. The zero-order chi connectivity index (χ0) is 13.0. The summed E-state index contributed by atoms with van der Waals surface area (Å²) in [6.07, 6.45) is 4.04. The van der Waals surface area contributed by atoms with Crippen molar-refractivity contribution in [3.8, 4) is 0 Å². The van der Waals surface area contributed by atoms with Crippen molar-refractivity contribution in [3.05, 3.63) is 35.1 Å². The van der Waals surface area contributed by atoms with E-state index in [9.17, 15) is 4.79 Å². The quantitative estimate of drug-likeness (QED) is 0.867. The predicted octanol–water partition coefficient (Wildman–Crippen LogP) is 2.61. The van der Waals surface area contributed by atoms with Crippen molar-refractivity contribution in [2.24, 2.45) is 0 Å². The van der Waals surface area contributed by atoms with E-state index in [1.807, 2.05) is 18.4 Å². The summed E-state index contributed by atoms with van der Waals surface area (Å²) in [4.78, 5) is 18.8. The Morgan fingerprint density at radius 3 is 3.11 bits per heavy atom. The number of pyridine rings is 1. The Labute approximate surface area is 109 Å². The second kappa shape index (κ2) is 5.59. The average Bonchev–Trinajstić information content (AvgIpc) is 2.77. The fraction of sp³-hybridized carbons (Fsp3) is 0.250. The van der Waals surface area contributed by atoms with Gasteiger partial charge in [0.25, 0.3) is 0 Å². The number of hydrogen-bond acceptors (Lipinski definition) is 5. The van der Waals surface area contributed by atoms with Crippen LogP contribution >= 0.6 is 11.3 Å². The van der Waals surface area contributed by atoms with E-state index in [1.165, 1.54) is 11.3 Å². The number of anilines is 2. The number of carboxylic acids is 1. The van der Waals surface area contributed by atoms with Crippen LogP contribution in [0.25, 0.3) is 0 Å². The topological polar surface area (TPSA) is 75.1 Å². The minimum Gasteiger partial charge on any atom is -0.481 e. The van der Waals surface area contributed by atoms with Crippen molar-refractivity contribution >= 4 is 28.1 Å². The normalized spacial score (nSPS) is 10.3. The fourth-order valence-electron chi connectivity index (χ4n) is 1.42. The minimum atomic E-state index is -0.805. The van der Waals surface area contributed by atoms with Gasteiger partial charge in [0.2, 0.25) is 0 Å². The van der Waals surface area contributed by atoms with E-state index in [4.69, 9.17) is 5.11 Å². The highest BCUT2D eigenvalue weighted by Crippen LogP contribution is 2.23. The first-order chi connectivity index (χ1) is 8.65. The monoisotopic (exact) mass is 263 g/mol. The molecule has 0 aliphatic heterocycles. The van der Waals surface area contributed by atoms with E-state index in [-0.39, 0.29) is 6.42 Å². The number of rotatable bonds is 5.